The van der Waals surface area contributed by atoms with Crippen LogP contribution in [0.15, 0.2) is 53.4 Å². The van der Waals surface area contributed by atoms with E-state index in [2.05, 4.69) is 15.3 Å². The van der Waals surface area contributed by atoms with Crippen molar-refractivity contribution in [3.63, 3.8) is 0 Å². The summed E-state index contributed by atoms with van der Waals surface area (Å²) in [6.07, 6.45) is 0. The van der Waals surface area contributed by atoms with Crippen molar-refractivity contribution in [3.05, 3.63) is 65.4 Å². The summed E-state index contributed by atoms with van der Waals surface area (Å²) < 4.78 is 33.9. The molecule has 0 amide bonds. The number of piperazine rings is 1. The van der Waals surface area contributed by atoms with Gasteiger partial charge in [-0.25, -0.2) is 13.4 Å². The van der Waals surface area contributed by atoms with E-state index in [1.807, 2.05) is 69.0 Å². The Kier molecular flexibility index (Phi) is 7.04. The summed E-state index contributed by atoms with van der Waals surface area (Å²) in [5.74, 6) is 2.06. The summed E-state index contributed by atoms with van der Waals surface area (Å²) in [4.78, 5) is 11.6. The van der Waals surface area contributed by atoms with Crippen LogP contribution in [0.5, 0.6) is 5.75 Å². The number of ether oxygens (including phenoxy) is 1. The van der Waals surface area contributed by atoms with Gasteiger partial charge in [-0.05, 0) is 63.1 Å². The molecule has 9 heteroatoms. The first kappa shape index (κ1) is 24.0. The second-order valence-corrected chi connectivity index (χ2v) is 10.3. The van der Waals surface area contributed by atoms with Crippen molar-refractivity contribution < 1.29 is 13.2 Å². The average Bonchev–Trinajstić information content (AvgIpc) is 2.81. The van der Waals surface area contributed by atoms with Crippen LogP contribution in [-0.2, 0) is 10.0 Å². The summed E-state index contributed by atoms with van der Waals surface area (Å²) in [5, 5.41) is 3.31. The molecule has 3 aromatic rings. The fraction of sp³-hybridized carbons (Fsp3) is 0.360. The summed E-state index contributed by atoms with van der Waals surface area (Å²) in [6, 6.07) is 15.1. The number of nitrogens with one attached hydrogen (secondary N) is 1. The molecule has 4 rings (SSSR count). The predicted molar refractivity (Wildman–Crippen MR) is 135 cm³/mol. The average molecular weight is 482 g/mol. The van der Waals surface area contributed by atoms with Gasteiger partial charge >= 0.3 is 0 Å². The number of benzene rings is 2. The molecule has 2 heterocycles. The number of hydrogen-bond donors (Lipinski definition) is 1. The van der Waals surface area contributed by atoms with Gasteiger partial charge in [0.2, 0.25) is 16.0 Å². The smallest absolute Gasteiger partial charge is 0.243 e. The predicted octanol–water partition coefficient (Wildman–Crippen LogP) is 4.06. The van der Waals surface area contributed by atoms with Crippen LogP contribution in [0.3, 0.4) is 0 Å². The van der Waals surface area contributed by atoms with Gasteiger partial charge in [0.1, 0.15) is 11.6 Å². The third-order valence-electron chi connectivity index (χ3n) is 5.77. The van der Waals surface area contributed by atoms with Crippen LogP contribution in [0.4, 0.5) is 17.5 Å². The Morgan fingerprint density at radius 3 is 2.21 bits per heavy atom. The number of anilines is 3. The van der Waals surface area contributed by atoms with E-state index in [-0.39, 0.29) is 0 Å². The number of hydrogen-bond acceptors (Lipinski definition) is 7. The molecule has 0 radical (unpaired) electrons. The van der Waals surface area contributed by atoms with Gasteiger partial charge in [0, 0.05) is 43.6 Å². The van der Waals surface area contributed by atoms with Crippen molar-refractivity contribution in [3.8, 4) is 5.75 Å². The zero-order valence-electron chi connectivity index (χ0n) is 20.1. The maximum absolute atomic E-state index is 13.3. The van der Waals surface area contributed by atoms with Crippen molar-refractivity contribution in [1.82, 2.24) is 14.3 Å². The number of rotatable bonds is 7. The molecule has 0 spiro atoms. The molecule has 1 aromatic heterocycles. The zero-order valence-corrected chi connectivity index (χ0v) is 20.9. The van der Waals surface area contributed by atoms with Gasteiger partial charge in [-0.2, -0.15) is 9.29 Å². The van der Waals surface area contributed by atoms with E-state index in [0.717, 1.165) is 28.3 Å². The molecule has 1 N–H and O–H groups in total. The van der Waals surface area contributed by atoms with E-state index >= 15 is 0 Å². The second-order valence-electron chi connectivity index (χ2n) is 8.40. The molecule has 1 aliphatic rings. The van der Waals surface area contributed by atoms with Crippen LogP contribution in [0.1, 0.15) is 23.7 Å². The van der Waals surface area contributed by atoms with E-state index < -0.39 is 10.0 Å². The van der Waals surface area contributed by atoms with E-state index in [0.29, 0.717) is 49.4 Å². The minimum atomic E-state index is -3.60. The van der Waals surface area contributed by atoms with Gasteiger partial charge < -0.3 is 15.0 Å². The first-order valence-electron chi connectivity index (χ1n) is 11.4. The zero-order chi connectivity index (χ0) is 24.3. The van der Waals surface area contributed by atoms with Gasteiger partial charge in [0.05, 0.1) is 11.5 Å². The Hall–Kier alpha value is -3.17. The Balaban J connectivity index is 1.48. The summed E-state index contributed by atoms with van der Waals surface area (Å²) in [6.45, 7) is 9.92. The Morgan fingerprint density at radius 1 is 0.941 bits per heavy atom. The maximum Gasteiger partial charge on any atom is 0.243 e. The largest absolute Gasteiger partial charge is 0.493 e. The number of nitrogens with zero attached hydrogens (tertiary/aromatic N) is 4. The summed E-state index contributed by atoms with van der Waals surface area (Å²) in [5.41, 5.74) is 3.44. The lowest BCUT2D eigenvalue weighted by atomic mass is 10.1. The standard InChI is InChI=1S/C25H31N5O3S/c1-5-33-24-18(2)15-22(16-19(24)3)34(31,32)30-13-11-29(12-14-30)25-26-20(4)17-23(28-25)27-21-9-7-6-8-10-21/h6-10,15-17H,5,11-14H2,1-4H3,(H,26,27,28). The highest BCUT2D eigenvalue weighted by Gasteiger charge is 2.30. The number of aromatic nitrogens is 2. The highest BCUT2D eigenvalue weighted by atomic mass is 32.2. The van der Waals surface area contributed by atoms with E-state index in [4.69, 9.17) is 4.74 Å². The maximum atomic E-state index is 13.3. The van der Waals surface area contributed by atoms with E-state index in [1.54, 1.807) is 12.1 Å². The molecule has 34 heavy (non-hydrogen) atoms. The molecular formula is C25H31N5O3S. The third kappa shape index (κ3) is 5.15. The lowest BCUT2D eigenvalue weighted by Crippen LogP contribution is -2.49. The van der Waals surface area contributed by atoms with Crippen LogP contribution >= 0.6 is 0 Å². The van der Waals surface area contributed by atoms with E-state index in [1.165, 1.54) is 4.31 Å². The van der Waals surface area contributed by atoms with Gasteiger partial charge in [0.25, 0.3) is 0 Å². The SMILES string of the molecule is CCOc1c(C)cc(S(=O)(=O)N2CCN(c3nc(C)cc(Nc4ccccc4)n3)CC2)cc1C. The minimum absolute atomic E-state index is 0.306. The highest BCUT2D eigenvalue weighted by molar-refractivity contribution is 7.89. The van der Waals surface area contributed by atoms with Crippen molar-refractivity contribution in [2.45, 2.75) is 32.6 Å². The first-order valence-corrected chi connectivity index (χ1v) is 12.9. The first-order chi connectivity index (χ1) is 16.3. The normalized spacial score (nSPS) is 14.8. The molecule has 0 bridgehead atoms. The van der Waals surface area contributed by atoms with Crippen molar-refractivity contribution in [1.29, 1.82) is 0 Å². The van der Waals surface area contributed by atoms with E-state index in [9.17, 15) is 8.42 Å². The number of sulfonamides is 1. The van der Waals surface area contributed by atoms with Gasteiger partial charge in [-0.15, -0.1) is 0 Å². The molecule has 1 saturated heterocycles. The summed E-state index contributed by atoms with van der Waals surface area (Å²) in [7, 11) is -3.60. The van der Waals surface area contributed by atoms with Gasteiger partial charge in [0.15, 0.2) is 0 Å². The third-order valence-corrected chi connectivity index (χ3v) is 7.65. The highest BCUT2D eigenvalue weighted by Crippen LogP contribution is 2.29. The monoisotopic (exact) mass is 481 g/mol. The fourth-order valence-corrected chi connectivity index (χ4v) is 5.73. The Morgan fingerprint density at radius 2 is 1.59 bits per heavy atom. The number of aryl methyl sites for hydroxylation is 3. The lowest BCUT2D eigenvalue weighted by Gasteiger charge is -2.34. The van der Waals surface area contributed by atoms with Crippen LogP contribution in [0, 0.1) is 20.8 Å². The van der Waals surface area contributed by atoms with Crippen molar-refractivity contribution in [2.75, 3.05) is 43.0 Å². The molecule has 0 aliphatic carbocycles. The minimum Gasteiger partial charge on any atom is -0.493 e. The van der Waals surface area contributed by atoms with Gasteiger partial charge in [-0.1, -0.05) is 18.2 Å². The second kappa shape index (κ2) is 9.99. The molecule has 0 atom stereocenters. The summed E-state index contributed by atoms with van der Waals surface area (Å²) >= 11 is 0. The molecular weight excluding hydrogens is 450 g/mol. The Bertz CT molecular complexity index is 1230. The number of para-hydroxylation sites is 1. The van der Waals surface area contributed by atoms with Crippen LogP contribution in [-0.4, -0.2) is 55.5 Å². The van der Waals surface area contributed by atoms with Crippen molar-refractivity contribution >= 4 is 27.5 Å². The van der Waals surface area contributed by atoms with Crippen molar-refractivity contribution in [2.24, 2.45) is 0 Å². The molecule has 8 nitrogen and oxygen atoms in total. The van der Waals surface area contributed by atoms with Crippen LogP contribution in [0.2, 0.25) is 0 Å². The fourth-order valence-electron chi connectivity index (χ4n) is 4.14. The molecule has 0 unspecified atom stereocenters. The topological polar surface area (TPSA) is 87.7 Å². The molecule has 1 fully saturated rings. The quantitative estimate of drug-likeness (QED) is 0.545. The lowest BCUT2D eigenvalue weighted by molar-refractivity contribution is 0.335. The van der Waals surface area contributed by atoms with Gasteiger partial charge in [-0.3, -0.25) is 0 Å². The molecule has 2 aromatic carbocycles. The van der Waals surface area contributed by atoms with Crippen LogP contribution in [0.25, 0.3) is 0 Å². The molecule has 180 valence electrons. The van der Waals surface area contributed by atoms with Crippen LogP contribution < -0.4 is 15.0 Å². The molecule has 1 aliphatic heterocycles. The Labute approximate surface area is 201 Å². The molecule has 0 saturated carbocycles.